The number of thiophene rings is 1. The van der Waals surface area contributed by atoms with Crippen LogP contribution >= 0.6 is 34.5 Å². The number of aromatic nitrogens is 2. The third-order valence-electron chi connectivity index (χ3n) is 3.40. The SMILES string of the molecule is CCCCOc1cccc(C(=O)Nc2nnc(-c3cc(Cl)sc3Cl)o2)c1. The van der Waals surface area contributed by atoms with Crippen LogP contribution in [0.1, 0.15) is 30.1 Å². The Morgan fingerprint density at radius 2 is 2.15 bits per heavy atom. The first-order chi connectivity index (χ1) is 12.6. The van der Waals surface area contributed by atoms with Crippen molar-refractivity contribution in [1.29, 1.82) is 0 Å². The predicted molar refractivity (Wildman–Crippen MR) is 102 cm³/mol. The molecule has 26 heavy (non-hydrogen) atoms. The van der Waals surface area contributed by atoms with Gasteiger partial charge in [0.2, 0.25) is 0 Å². The van der Waals surface area contributed by atoms with Gasteiger partial charge in [-0.15, -0.1) is 16.4 Å². The second-order valence-corrected chi connectivity index (χ2v) is 7.62. The van der Waals surface area contributed by atoms with E-state index in [2.05, 4.69) is 22.4 Å². The lowest BCUT2D eigenvalue weighted by Gasteiger charge is -2.07. The first-order valence-electron chi connectivity index (χ1n) is 7.89. The molecule has 3 rings (SSSR count). The minimum Gasteiger partial charge on any atom is -0.494 e. The highest BCUT2D eigenvalue weighted by atomic mass is 35.5. The molecule has 1 amide bonds. The minimum atomic E-state index is -0.379. The molecule has 1 aromatic carbocycles. The Morgan fingerprint density at radius 1 is 1.31 bits per heavy atom. The number of carbonyl (C=O) groups excluding carboxylic acids is 1. The number of amides is 1. The molecular weight excluding hydrogens is 397 g/mol. The van der Waals surface area contributed by atoms with Gasteiger partial charge in [0, 0.05) is 5.56 Å². The fraction of sp³-hybridized carbons (Fsp3) is 0.235. The zero-order valence-corrected chi connectivity index (χ0v) is 16.1. The Labute approximate surface area is 164 Å². The minimum absolute atomic E-state index is 0.0271. The summed E-state index contributed by atoms with van der Waals surface area (Å²) in [6.45, 7) is 2.70. The van der Waals surface area contributed by atoms with E-state index in [0.29, 0.717) is 32.2 Å². The molecule has 0 aliphatic heterocycles. The van der Waals surface area contributed by atoms with Crippen LogP contribution in [0.2, 0.25) is 8.67 Å². The monoisotopic (exact) mass is 411 g/mol. The van der Waals surface area contributed by atoms with E-state index in [1.165, 1.54) is 11.3 Å². The van der Waals surface area contributed by atoms with Crippen molar-refractivity contribution in [2.75, 3.05) is 11.9 Å². The molecule has 0 spiro atoms. The molecule has 136 valence electrons. The fourth-order valence-corrected chi connectivity index (χ4v) is 3.55. The van der Waals surface area contributed by atoms with Crippen molar-refractivity contribution >= 4 is 46.5 Å². The predicted octanol–water partition coefficient (Wildman–Crippen LogP) is 5.54. The molecule has 0 fully saturated rings. The van der Waals surface area contributed by atoms with E-state index in [4.69, 9.17) is 32.4 Å². The maximum absolute atomic E-state index is 12.4. The van der Waals surface area contributed by atoms with Gasteiger partial charge in [-0.25, -0.2) is 0 Å². The first kappa shape index (κ1) is 18.7. The lowest BCUT2D eigenvalue weighted by atomic mass is 10.2. The average Bonchev–Trinajstić information content (AvgIpc) is 3.21. The molecule has 0 radical (unpaired) electrons. The van der Waals surface area contributed by atoms with Crippen LogP contribution in [0.4, 0.5) is 6.01 Å². The van der Waals surface area contributed by atoms with Crippen molar-refractivity contribution in [3.8, 4) is 17.2 Å². The molecular formula is C17H15Cl2N3O3S. The third kappa shape index (κ3) is 4.55. The number of nitrogens with one attached hydrogen (secondary N) is 1. The van der Waals surface area contributed by atoms with Crippen LogP contribution in [0, 0.1) is 0 Å². The van der Waals surface area contributed by atoms with Gasteiger partial charge in [0.05, 0.1) is 16.5 Å². The van der Waals surface area contributed by atoms with Crippen molar-refractivity contribution in [2.45, 2.75) is 19.8 Å². The van der Waals surface area contributed by atoms with E-state index in [-0.39, 0.29) is 17.8 Å². The van der Waals surface area contributed by atoms with Crippen LogP contribution < -0.4 is 10.1 Å². The molecule has 0 bridgehead atoms. The Hall–Kier alpha value is -2.09. The van der Waals surface area contributed by atoms with Crippen molar-refractivity contribution in [3.63, 3.8) is 0 Å². The zero-order valence-electron chi connectivity index (χ0n) is 13.8. The van der Waals surface area contributed by atoms with Gasteiger partial charge in [-0.05, 0) is 30.7 Å². The van der Waals surface area contributed by atoms with Crippen LogP contribution in [-0.2, 0) is 0 Å². The molecule has 3 aromatic rings. The molecule has 2 heterocycles. The van der Waals surface area contributed by atoms with E-state index in [9.17, 15) is 4.79 Å². The van der Waals surface area contributed by atoms with Gasteiger partial charge in [-0.3, -0.25) is 10.1 Å². The molecule has 0 aliphatic rings. The lowest BCUT2D eigenvalue weighted by molar-refractivity contribution is 0.102. The van der Waals surface area contributed by atoms with E-state index in [0.717, 1.165) is 12.8 Å². The largest absolute Gasteiger partial charge is 0.494 e. The number of ether oxygens (including phenoxy) is 1. The van der Waals surface area contributed by atoms with Crippen LogP contribution in [0.15, 0.2) is 34.7 Å². The zero-order chi connectivity index (χ0) is 18.5. The summed E-state index contributed by atoms with van der Waals surface area (Å²) in [6.07, 6.45) is 2.00. The standard InChI is InChI=1S/C17H15Cl2N3O3S/c1-2-3-7-24-11-6-4-5-10(8-11)15(23)20-17-22-21-16(25-17)12-9-13(18)26-14(12)19/h4-6,8-9H,2-3,7H2,1H3,(H,20,22,23). The van der Waals surface area contributed by atoms with E-state index < -0.39 is 0 Å². The Kier molecular flexibility index (Phi) is 6.13. The summed E-state index contributed by atoms with van der Waals surface area (Å²) in [6, 6.07) is 8.50. The molecule has 0 saturated carbocycles. The van der Waals surface area contributed by atoms with Crippen molar-refractivity contribution < 1.29 is 13.9 Å². The number of anilines is 1. The normalized spacial score (nSPS) is 10.7. The quantitative estimate of drug-likeness (QED) is 0.516. The van der Waals surface area contributed by atoms with Crippen LogP contribution in [0.25, 0.3) is 11.5 Å². The fourth-order valence-electron chi connectivity index (χ4n) is 2.10. The number of unbranched alkanes of at least 4 members (excludes halogenated alkanes) is 1. The van der Waals surface area contributed by atoms with Crippen LogP contribution in [-0.4, -0.2) is 22.7 Å². The molecule has 0 aliphatic carbocycles. The van der Waals surface area contributed by atoms with Gasteiger partial charge < -0.3 is 9.15 Å². The van der Waals surface area contributed by atoms with E-state index >= 15 is 0 Å². The average molecular weight is 412 g/mol. The summed E-state index contributed by atoms with van der Waals surface area (Å²) in [5, 5.41) is 10.3. The maximum atomic E-state index is 12.4. The van der Waals surface area contributed by atoms with Crippen molar-refractivity contribution in [3.05, 3.63) is 44.6 Å². The van der Waals surface area contributed by atoms with E-state index in [1.54, 1.807) is 30.3 Å². The van der Waals surface area contributed by atoms with Gasteiger partial charge in [-0.1, -0.05) is 47.7 Å². The van der Waals surface area contributed by atoms with Gasteiger partial charge in [0.25, 0.3) is 11.8 Å². The Morgan fingerprint density at radius 3 is 2.88 bits per heavy atom. The van der Waals surface area contributed by atoms with Crippen LogP contribution in [0.5, 0.6) is 5.75 Å². The van der Waals surface area contributed by atoms with Crippen molar-refractivity contribution in [1.82, 2.24) is 10.2 Å². The highest BCUT2D eigenvalue weighted by Gasteiger charge is 2.17. The number of hydrogen-bond acceptors (Lipinski definition) is 6. The molecule has 1 N–H and O–H groups in total. The summed E-state index contributed by atoms with van der Waals surface area (Å²) in [5.41, 5.74) is 0.955. The van der Waals surface area contributed by atoms with Gasteiger partial charge >= 0.3 is 6.01 Å². The second-order valence-electron chi connectivity index (χ2n) is 5.33. The van der Waals surface area contributed by atoms with Gasteiger partial charge in [0.1, 0.15) is 10.1 Å². The first-order valence-corrected chi connectivity index (χ1v) is 9.47. The molecule has 2 aromatic heterocycles. The smallest absolute Gasteiger partial charge is 0.322 e. The number of nitrogens with zero attached hydrogens (tertiary/aromatic N) is 2. The number of carbonyl (C=O) groups is 1. The lowest BCUT2D eigenvalue weighted by Crippen LogP contribution is -2.12. The molecule has 0 saturated heterocycles. The molecule has 0 unspecified atom stereocenters. The Bertz CT molecular complexity index is 910. The highest BCUT2D eigenvalue weighted by Crippen LogP contribution is 2.37. The summed E-state index contributed by atoms with van der Waals surface area (Å²) in [4.78, 5) is 12.4. The number of halogens is 2. The number of rotatable bonds is 7. The molecule has 0 atom stereocenters. The van der Waals surface area contributed by atoms with Gasteiger partial charge in [0.15, 0.2) is 0 Å². The highest BCUT2D eigenvalue weighted by molar-refractivity contribution is 7.20. The summed E-state index contributed by atoms with van der Waals surface area (Å²) in [5.74, 6) is 0.442. The Balaban J connectivity index is 1.69. The summed E-state index contributed by atoms with van der Waals surface area (Å²) < 4.78 is 12.0. The number of benzene rings is 1. The van der Waals surface area contributed by atoms with Crippen LogP contribution in [0.3, 0.4) is 0 Å². The maximum Gasteiger partial charge on any atom is 0.322 e. The second kappa shape index (κ2) is 8.53. The van der Waals surface area contributed by atoms with E-state index in [1.807, 2.05) is 0 Å². The van der Waals surface area contributed by atoms with Gasteiger partial charge in [-0.2, -0.15) is 0 Å². The summed E-state index contributed by atoms with van der Waals surface area (Å²) >= 11 is 13.2. The third-order valence-corrected chi connectivity index (χ3v) is 4.88. The number of hydrogen-bond donors (Lipinski definition) is 1. The molecule has 6 nitrogen and oxygen atoms in total. The molecule has 9 heteroatoms. The summed E-state index contributed by atoms with van der Waals surface area (Å²) in [7, 11) is 0. The van der Waals surface area contributed by atoms with Crippen molar-refractivity contribution in [2.24, 2.45) is 0 Å². The topological polar surface area (TPSA) is 77.2 Å².